The van der Waals surface area contributed by atoms with E-state index in [0.717, 1.165) is 43.6 Å². The van der Waals surface area contributed by atoms with Gasteiger partial charge < -0.3 is 15.3 Å². The molecule has 2 bridgehead atoms. The molecule has 0 aliphatic carbocycles. The van der Waals surface area contributed by atoms with Crippen LogP contribution in [0.1, 0.15) is 38.5 Å². The summed E-state index contributed by atoms with van der Waals surface area (Å²) in [5, 5.41) is 12.1. The Morgan fingerprint density at radius 3 is 2.45 bits per heavy atom. The average molecular weight is 298 g/mol. The maximum Gasteiger partial charge on any atom is 0.318 e. The largest absolute Gasteiger partial charge is 0.481 e. The molecular weight excluding hydrogens is 276 g/mol. The number of fused-ring (bicyclic) bond motifs is 2. The molecule has 3 saturated heterocycles. The second kappa shape index (κ2) is 5.84. The van der Waals surface area contributed by atoms with Crippen LogP contribution in [0.2, 0.25) is 0 Å². The summed E-state index contributed by atoms with van der Waals surface area (Å²) in [4.78, 5) is 25.3. The highest BCUT2D eigenvalue weighted by Gasteiger charge is 2.43. The first-order valence-electron chi connectivity index (χ1n) is 7.52. The number of carbonyl (C=O) groups is 2. The highest BCUT2D eigenvalue weighted by atomic mass is 32.2. The van der Waals surface area contributed by atoms with E-state index in [1.165, 1.54) is 0 Å². The van der Waals surface area contributed by atoms with Crippen LogP contribution in [-0.2, 0) is 4.79 Å². The van der Waals surface area contributed by atoms with Gasteiger partial charge in [-0.25, -0.2) is 4.79 Å². The molecule has 3 aliphatic rings. The molecule has 112 valence electrons. The fourth-order valence-electron chi connectivity index (χ4n) is 3.93. The highest BCUT2D eigenvalue weighted by Crippen LogP contribution is 2.40. The Labute approximate surface area is 123 Å². The summed E-state index contributed by atoms with van der Waals surface area (Å²) in [6.07, 6.45) is 5.11. The molecule has 0 radical (unpaired) electrons. The molecule has 6 heteroatoms. The summed E-state index contributed by atoms with van der Waals surface area (Å²) in [5.74, 6) is 1.70. The molecule has 0 aromatic carbocycles. The normalized spacial score (nSPS) is 36.1. The third kappa shape index (κ3) is 2.90. The molecule has 3 unspecified atom stereocenters. The van der Waals surface area contributed by atoms with Gasteiger partial charge in [0.2, 0.25) is 0 Å². The molecule has 0 aromatic rings. The minimum atomic E-state index is -0.713. The third-order valence-electron chi connectivity index (χ3n) is 4.79. The minimum absolute atomic E-state index is 0.0822. The smallest absolute Gasteiger partial charge is 0.318 e. The monoisotopic (exact) mass is 298 g/mol. The van der Waals surface area contributed by atoms with Crippen molar-refractivity contribution in [1.29, 1.82) is 0 Å². The van der Waals surface area contributed by atoms with E-state index in [4.69, 9.17) is 5.11 Å². The van der Waals surface area contributed by atoms with E-state index in [0.29, 0.717) is 6.04 Å². The van der Waals surface area contributed by atoms with Gasteiger partial charge in [-0.15, -0.1) is 0 Å². The number of urea groups is 1. The summed E-state index contributed by atoms with van der Waals surface area (Å²) in [5.41, 5.74) is 0. The number of hydrogen-bond acceptors (Lipinski definition) is 3. The van der Waals surface area contributed by atoms with Crippen LogP contribution in [0.5, 0.6) is 0 Å². The van der Waals surface area contributed by atoms with Crippen LogP contribution in [0.15, 0.2) is 0 Å². The fourth-order valence-corrected chi connectivity index (χ4v) is 5.08. The van der Waals surface area contributed by atoms with Crippen LogP contribution >= 0.6 is 11.8 Å². The van der Waals surface area contributed by atoms with Gasteiger partial charge >= 0.3 is 12.0 Å². The van der Waals surface area contributed by atoms with Crippen LogP contribution < -0.4 is 5.32 Å². The van der Waals surface area contributed by atoms with Crippen molar-refractivity contribution in [3.63, 3.8) is 0 Å². The van der Waals surface area contributed by atoms with Crippen LogP contribution in [0.25, 0.3) is 0 Å². The summed E-state index contributed by atoms with van der Waals surface area (Å²) >= 11 is 1.90. The number of piperidine rings is 1. The van der Waals surface area contributed by atoms with Crippen molar-refractivity contribution in [2.24, 2.45) is 5.92 Å². The quantitative estimate of drug-likeness (QED) is 0.835. The molecule has 2 N–H and O–H groups in total. The lowest BCUT2D eigenvalue weighted by Crippen LogP contribution is -2.53. The van der Waals surface area contributed by atoms with Gasteiger partial charge in [-0.1, -0.05) is 0 Å². The number of amides is 2. The molecular formula is C14H22N2O3S. The summed E-state index contributed by atoms with van der Waals surface area (Å²) in [6.45, 7) is 0. The molecule has 3 fully saturated rings. The Hall–Kier alpha value is -0.910. The lowest BCUT2D eigenvalue weighted by atomic mass is 9.88. The zero-order valence-electron chi connectivity index (χ0n) is 11.6. The van der Waals surface area contributed by atoms with E-state index in [1.807, 2.05) is 16.7 Å². The molecule has 0 aromatic heterocycles. The minimum Gasteiger partial charge on any atom is -0.481 e. The van der Waals surface area contributed by atoms with Gasteiger partial charge in [-0.3, -0.25) is 4.79 Å². The molecule has 5 nitrogen and oxygen atoms in total. The topological polar surface area (TPSA) is 69.6 Å². The zero-order chi connectivity index (χ0) is 14.1. The van der Waals surface area contributed by atoms with Gasteiger partial charge in [-0.05, 0) is 43.8 Å². The maximum atomic E-state index is 12.4. The third-order valence-corrected chi connectivity index (χ3v) is 5.95. The van der Waals surface area contributed by atoms with Gasteiger partial charge in [0.1, 0.15) is 0 Å². The van der Waals surface area contributed by atoms with Crippen molar-refractivity contribution in [1.82, 2.24) is 10.2 Å². The second-order valence-electron chi connectivity index (χ2n) is 6.24. The summed E-state index contributed by atoms with van der Waals surface area (Å²) in [6, 6.07) is 0.918. The number of thioether (sulfide) groups is 1. The lowest BCUT2D eigenvalue weighted by molar-refractivity contribution is -0.138. The van der Waals surface area contributed by atoms with E-state index in [2.05, 4.69) is 5.32 Å². The molecule has 20 heavy (non-hydrogen) atoms. The molecule has 3 rings (SSSR count). The number of hydrogen-bond donors (Lipinski definition) is 2. The first-order chi connectivity index (χ1) is 9.63. The van der Waals surface area contributed by atoms with Gasteiger partial charge in [0, 0.05) is 30.3 Å². The second-order valence-corrected chi connectivity index (χ2v) is 7.39. The summed E-state index contributed by atoms with van der Waals surface area (Å²) in [7, 11) is 0. The van der Waals surface area contributed by atoms with Gasteiger partial charge in [0.15, 0.2) is 0 Å². The van der Waals surface area contributed by atoms with Crippen molar-refractivity contribution in [3.8, 4) is 0 Å². The van der Waals surface area contributed by atoms with Crippen LogP contribution in [0.3, 0.4) is 0 Å². The number of rotatable bonds is 3. The van der Waals surface area contributed by atoms with Crippen molar-refractivity contribution < 1.29 is 14.7 Å². The number of carboxylic acid groups (broad SMARTS) is 1. The van der Waals surface area contributed by atoms with Gasteiger partial charge in [-0.2, -0.15) is 11.8 Å². The Bertz CT molecular complexity index is 384. The van der Waals surface area contributed by atoms with Gasteiger partial charge in [0.05, 0.1) is 0 Å². The Balaban J connectivity index is 1.58. The highest BCUT2D eigenvalue weighted by molar-refractivity contribution is 7.99. The van der Waals surface area contributed by atoms with Crippen molar-refractivity contribution >= 4 is 23.8 Å². The van der Waals surface area contributed by atoms with Crippen molar-refractivity contribution in [2.75, 3.05) is 11.5 Å². The summed E-state index contributed by atoms with van der Waals surface area (Å²) < 4.78 is 0. The van der Waals surface area contributed by atoms with Crippen LogP contribution in [-0.4, -0.2) is 51.6 Å². The first-order valence-corrected chi connectivity index (χ1v) is 8.67. The SMILES string of the molecule is O=C(O)CC1CC2CCC(C1)N2C(=O)NC1CCSC1. The molecule has 3 aliphatic heterocycles. The standard InChI is InChI=1S/C14H22N2O3S/c17-13(18)7-9-5-11-1-2-12(6-9)16(11)14(19)15-10-3-4-20-8-10/h9-12H,1-8H2,(H,15,19)(H,17,18). The van der Waals surface area contributed by atoms with Crippen molar-refractivity contribution in [2.45, 2.75) is 56.7 Å². The number of carbonyl (C=O) groups excluding carboxylic acids is 1. The number of nitrogens with zero attached hydrogens (tertiary/aromatic N) is 1. The molecule has 0 spiro atoms. The Morgan fingerprint density at radius 1 is 1.20 bits per heavy atom. The van der Waals surface area contributed by atoms with Crippen molar-refractivity contribution in [3.05, 3.63) is 0 Å². The molecule has 3 heterocycles. The number of carboxylic acids is 1. The van der Waals surface area contributed by atoms with Crippen LogP contribution in [0, 0.1) is 5.92 Å². The van der Waals surface area contributed by atoms with E-state index in [-0.39, 0.29) is 30.5 Å². The first kappa shape index (κ1) is 14.0. The van der Waals surface area contributed by atoms with E-state index < -0.39 is 5.97 Å². The molecule has 2 amide bonds. The average Bonchev–Trinajstić information content (AvgIpc) is 2.95. The van der Waals surface area contributed by atoms with E-state index >= 15 is 0 Å². The van der Waals surface area contributed by atoms with Gasteiger partial charge in [0.25, 0.3) is 0 Å². The Kier molecular flexibility index (Phi) is 4.10. The van der Waals surface area contributed by atoms with E-state index in [9.17, 15) is 9.59 Å². The van der Waals surface area contributed by atoms with E-state index in [1.54, 1.807) is 0 Å². The Morgan fingerprint density at radius 2 is 1.90 bits per heavy atom. The molecule has 0 saturated carbocycles. The van der Waals surface area contributed by atoms with Crippen LogP contribution in [0.4, 0.5) is 4.79 Å². The molecule has 3 atom stereocenters. The zero-order valence-corrected chi connectivity index (χ0v) is 12.4. The maximum absolute atomic E-state index is 12.4. The number of aliphatic carboxylic acids is 1. The number of nitrogens with one attached hydrogen (secondary N) is 1. The predicted octanol–water partition coefficient (Wildman–Crippen LogP) is 1.92. The predicted molar refractivity (Wildman–Crippen MR) is 77.9 cm³/mol. The lowest BCUT2D eigenvalue weighted by Gasteiger charge is -2.39. The fraction of sp³-hybridized carbons (Fsp3) is 0.857.